The van der Waals surface area contributed by atoms with Gasteiger partial charge in [-0.3, -0.25) is 4.90 Å². The lowest BCUT2D eigenvalue weighted by Crippen LogP contribution is -2.48. The number of phenolic OH excluding ortho intramolecular Hbond substituents is 1. The number of para-hydroxylation sites is 1. The Balaban J connectivity index is 1.79. The molecular weight excluding hydrogens is 541 g/mol. The molecule has 0 radical (unpaired) electrons. The molecule has 3 aromatic rings. The van der Waals surface area contributed by atoms with Gasteiger partial charge in [0.05, 0.1) is 16.7 Å². The Morgan fingerprint density at radius 1 is 0.667 bits per heavy atom. The van der Waals surface area contributed by atoms with Gasteiger partial charge < -0.3 is 10.2 Å². The fraction of sp³-hybridized carbons (Fsp3) is 0.333. The first-order chi connectivity index (χ1) is 18.0. The van der Waals surface area contributed by atoms with Crippen molar-refractivity contribution in [3.8, 4) is 5.75 Å². The first-order valence-corrected chi connectivity index (χ1v) is 11.7. The van der Waals surface area contributed by atoms with Crippen molar-refractivity contribution in [1.82, 2.24) is 4.90 Å². The molecule has 12 heteroatoms. The molecule has 0 aliphatic carbocycles. The minimum absolute atomic E-state index is 0.0413. The summed E-state index contributed by atoms with van der Waals surface area (Å²) in [6.07, 6.45) is -13.5. The first-order valence-electron chi connectivity index (χ1n) is 11.7. The van der Waals surface area contributed by atoms with Crippen LogP contribution in [0.5, 0.6) is 5.75 Å². The van der Waals surface area contributed by atoms with Crippen LogP contribution in [0.3, 0.4) is 0 Å². The van der Waals surface area contributed by atoms with Gasteiger partial charge in [-0.1, -0.05) is 36.4 Å². The minimum atomic E-state index is -4.83. The SMILES string of the molecule is Oc1c(CN2CCCC2C(O)(c2ccc(C(F)(F)F)cc2)c2ccc(C(F)(F)F)cc2)cccc1C(F)(F)F. The maximum Gasteiger partial charge on any atom is 0.419 e. The highest BCUT2D eigenvalue weighted by Crippen LogP contribution is 2.44. The molecule has 39 heavy (non-hydrogen) atoms. The molecule has 0 spiro atoms. The quantitative estimate of drug-likeness (QED) is 0.319. The van der Waals surface area contributed by atoms with Crippen molar-refractivity contribution < 1.29 is 49.7 Å². The summed E-state index contributed by atoms with van der Waals surface area (Å²) in [4.78, 5) is 1.56. The number of benzene rings is 3. The lowest BCUT2D eigenvalue weighted by atomic mass is 9.78. The highest BCUT2D eigenvalue weighted by atomic mass is 19.4. The van der Waals surface area contributed by atoms with E-state index in [0.29, 0.717) is 12.5 Å². The second-order valence-corrected chi connectivity index (χ2v) is 9.36. The Labute approximate surface area is 217 Å². The number of hydrogen-bond donors (Lipinski definition) is 2. The Morgan fingerprint density at radius 3 is 1.56 bits per heavy atom. The second-order valence-electron chi connectivity index (χ2n) is 9.36. The highest BCUT2D eigenvalue weighted by Gasteiger charge is 2.46. The monoisotopic (exact) mass is 563 g/mol. The predicted octanol–water partition coefficient (Wildman–Crippen LogP) is 7.35. The molecule has 1 unspecified atom stereocenters. The molecule has 1 saturated heterocycles. The maximum absolute atomic E-state index is 13.3. The molecule has 0 bridgehead atoms. The van der Waals surface area contributed by atoms with Gasteiger partial charge in [0.25, 0.3) is 0 Å². The second kappa shape index (κ2) is 10.1. The molecule has 0 saturated carbocycles. The van der Waals surface area contributed by atoms with Crippen molar-refractivity contribution >= 4 is 0 Å². The predicted molar refractivity (Wildman–Crippen MR) is 122 cm³/mol. The molecule has 0 aromatic heterocycles. The molecule has 0 amide bonds. The Morgan fingerprint density at radius 2 is 1.13 bits per heavy atom. The van der Waals surface area contributed by atoms with Crippen LogP contribution in [-0.4, -0.2) is 27.7 Å². The van der Waals surface area contributed by atoms with Crippen LogP contribution in [0.4, 0.5) is 39.5 Å². The van der Waals surface area contributed by atoms with Gasteiger partial charge in [0.15, 0.2) is 0 Å². The number of phenols is 1. The van der Waals surface area contributed by atoms with Crippen LogP contribution in [0.25, 0.3) is 0 Å². The van der Waals surface area contributed by atoms with E-state index in [0.717, 1.165) is 54.6 Å². The smallest absolute Gasteiger partial charge is 0.419 e. The van der Waals surface area contributed by atoms with E-state index in [2.05, 4.69) is 0 Å². The van der Waals surface area contributed by atoms with E-state index in [1.54, 1.807) is 4.90 Å². The standard InChI is InChI=1S/C27H22F9NO2/c28-25(29,30)19-10-6-17(7-11-19)24(39,18-8-12-20(13-9-18)26(31,32)33)22-5-2-14-37(22)15-16-3-1-4-21(23(16)38)27(34,35)36/h1,3-4,6-13,22,38-39H,2,5,14-15H2. The van der Waals surface area contributed by atoms with Crippen LogP contribution in [0, 0.1) is 0 Å². The average Bonchev–Trinajstić information content (AvgIpc) is 3.32. The van der Waals surface area contributed by atoms with Crippen molar-refractivity contribution in [1.29, 1.82) is 0 Å². The van der Waals surface area contributed by atoms with Crippen molar-refractivity contribution in [2.45, 2.75) is 49.6 Å². The van der Waals surface area contributed by atoms with Gasteiger partial charge >= 0.3 is 18.5 Å². The summed E-state index contributed by atoms with van der Waals surface area (Å²) in [6, 6.07) is 9.20. The highest BCUT2D eigenvalue weighted by molar-refractivity contribution is 5.44. The topological polar surface area (TPSA) is 43.7 Å². The van der Waals surface area contributed by atoms with E-state index in [-0.39, 0.29) is 36.2 Å². The number of nitrogens with zero attached hydrogens (tertiary/aromatic N) is 1. The molecule has 1 atom stereocenters. The van der Waals surface area contributed by atoms with E-state index >= 15 is 0 Å². The Kier molecular flexibility index (Phi) is 7.41. The summed E-state index contributed by atoms with van der Waals surface area (Å²) < 4.78 is 119. The third kappa shape index (κ3) is 5.72. The van der Waals surface area contributed by atoms with Crippen molar-refractivity contribution in [3.05, 3.63) is 100 Å². The van der Waals surface area contributed by atoms with E-state index in [1.807, 2.05) is 0 Å². The normalized spacial score (nSPS) is 17.5. The molecule has 4 rings (SSSR count). The fourth-order valence-corrected chi connectivity index (χ4v) is 5.03. The summed E-state index contributed by atoms with van der Waals surface area (Å²) in [5.74, 6) is -0.997. The van der Waals surface area contributed by atoms with Crippen LogP contribution in [0.1, 0.15) is 46.2 Å². The zero-order valence-corrected chi connectivity index (χ0v) is 20.0. The number of aromatic hydroxyl groups is 1. The number of aliphatic hydroxyl groups is 1. The lowest BCUT2D eigenvalue weighted by molar-refractivity contribution is -0.139. The molecule has 210 valence electrons. The number of hydrogen-bond acceptors (Lipinski definition) is 3. The third-order valence-corrected chi connectivity index (χ3v) is 6.95. The molecule has 1 aliphatic heterocycles. The summed E-state index contributed by atoms with van der Waals surface area (Å²) >= 11 is 0. The van der Waals surface area contributed by atoms with Gasteiger partial charge in [0.2, 0.25) is 0 Å². The number of alkyl halides is 9. The van der Waals surface area contributed by atoms with Crippen molar-refractivity contribution in [2.24, 2.45) is 0 Å². The van der Waals surface area contributed by atoms with Gasteiger partial charge in [-0.05, 0) is 60.8 Å². The largest absolute Gasteiger partial charge is 0.507 e. The fourth-order valence-electron chi connectivity index (χ4n) is 5.03. The molecule has 1 aliphatic rings. The van der Waals surface area contributed by atoms with Gasteiger partial charge in [-0.2, -0.15) is 39.5 Å². The summed E-state index contributed by atoms with van der Waals surface area (Å²) in [5.41, 5.74) is -5.57. The van der Waals surface area contributed by atoms with Crippen molar-refractivity contribution in [2.75, 3.05) is 6.54 Å². The van der Waals surface area contributed by atoms with Gasteiger partial charge in [-0.25, -0.2) is 0 Å². The molecule has 3 nitrogen and oxygen atoms in total. The molecule has 2 N–H and O–H groups in total. The zero-order chi connectivity index (χ0) is 28.8. The van der Waals surface area contributed by atoms with Crippen molar-refractivity contribution in [3.63, 3.8) is 0 Å². The van der Waals surface area contributed by atoms with E-state index in [1.165, 1.54) is 6.07 Å². The number of likely N-dealkylation sites (tertiary alicyclic amines) is 1. The summed E-state index contributed by atoms with van der Waals surface area (Å²) in [5, 5.41) is 22.4. The Bertz CT molecular complexity index is 1240. The maximum atomic E-state index is 13.3. The van der Waals surface area contributed by atoms with Gasteiger partial charge in [0.1, 0.15) is 11.4 Å². The van der Waals surface area contributed by atoms with Crippen LogP contribution in [0.15, 0.2) is 66.7 Å². The minimum Gasteiger partial charge on any atom is -0.507 e. The van der Waals surface area contributed by atoms with Gasteiger partial charge in [-0.15, -0.1) is 0 Å². The van der Waals surface area contributed by atoms with Crippen LogP contribution < -0.4 is 0 Å². The van der Waals surface area contributed by atoms with Crippen LogP contribution in [0.2, 0.25) is 0 Å². The van der Waals surface area contributed by atoms with E-state index in [4.69, 9.17) is 0 Å². The summed E-state index contributed by atoms with van der Waals surface area (Å²) in [7, 11) is 0. The molecule has 1 fully saturated rings. The number of halogens is 9. The van der Waals surface area contributed by atoms with E-state index < -0.39 is 52.6 Å². The van der Waals surface area contributed by atoms with Gasteiger partial charge in [0, 0.05) is 18.2 Å². The zero-order valence-electron chi connectivity index (χ0n) is 20.0. The summed E-state index contributed by atoms with van der Waals surface area (Å²) in [6.45, 7) is -0.0199. The third-order valence-electron chi connectivity index (χ3n) is 6.95. The molecule has 1 heterocycles. The Hall–Kier alpha value is -3.25. The molecular formula is C27H22F9NO2. The van der Waals surface area contributed by atoms with Crippen LogP contribution in [-0.2, 0) is 30.7 Å². The molecule has 3 aromatic carbocycles. The lowest BCUT2D eigenvalue weighted by Gasteiger charge is -2.40. The van der Waals surface area contributed by atoms with Crippen LogP contribution >= 0.6 is 0 Å². The van der Waals surface area contributed by atoms with E-state index in [9.17, 15) is 49.7 Å². The first kappa shape index (κ1) is 28.8. The average molecular weight is 563 g/mol. The number of rotatable bonds is 5.